The molecule has 2 aromatic heterocycles. The predicted octanol–water partition coefficient (Wildman–Crippen LogP) is 3.67. The molecular weight excluding hydrogens is 256 g/mol. The molecule has 0 amide bonds. The second-order valence-electron chi connectivity index (χ2n) is 4.21. The molecule has 0 aliphatic heterocycles. The number of nitrogens with zero attached hydrogens (tertiary/aromatic N) is 3. The Balaban J connectivity index is 2.13. The molecule has 0 spiro atoms. The number of H-pyrrole nitrogens is 1. The number of nitrogens with one attached hydrogen (secondary N) is 1. The minimum Gasteiger partial charge on any atom is -0.337 e. The molecule has 2 heterocycles. The van der Waals surface area contributed by atoms with Gasteiger partial charge in [0.05, 0.1) is 21.9 Å². The molecule has 3 rings (SSSR count). The Labute approximate surface area is 115 Å². The lowest BCUT2D eigenvalue weighted by Crippen LogP contribution is -1.85. The monoisotopic (exact) mass is 266 g/mol. The summed E-state index contributed by atoms with van der Waals surface area (Å²) < 4.78 is 0. The molecule has 19 heavy (non-hydrogen) atoms. The number of rotatable bonds is 2. The Morgan fingerprint density at radius 2 is 2.16 bits per heavy atom. The first-order valence-corrected chi connectivity index (χ1v) is 6.18. The second kappa shape index (κ2) is 4.72. The predicted molar refractivity (Wildman–Crippen MR) is 78.7 cm³/mol. The first-order valence-electron chi connectivity index (χ1n) is 5.77. The van der Waals surface area contributed by atoms with Crippen LogP contribution in [0.2, 0.25) is 0 Å². The number of aryl methyl sites for hydroxylation is 1. The molecular formula is C14H10N4S. The summed E-state index contributed by atoms with van der Waals surface area (Å²) in [6, 6.07) is 9.60. The summed E-state index contributed by atoms with van der Waals surface area (Å²) in [6.07, 6.45) is 1.78. The molecule has 0 unspecified atom stereocenters. The lowest BCUT2D eigenvalue weighted by molar-refractivity contribution is 1.22. The van der Waals surface area contributed by atoms with Gasteiger partial charge in [0.2, 0.25) is 0 Å². The number of hydrogen-bond acceptors (Lipinski definition) is 4. The molecule has 0 aliphatic rings. The van der Waals surface area contributed by atoms with Gasteiger partial charge in [-0.25, -0.2) is 4.98 Å². The van der Waals surface area contributed by atoms with Gasteiger partial charge in [-0.1, -0.05) is 0 Å². The average Bonchev–Trinajstić information content (AvgIpc) is 2.82. The zero-order valence-electron chi connectivity index (χ0n) is 10.2. The number of aromatic amines is 1. The Morgan fingerprint density at radius 3 is 2.95 bits per heavy atom. The fourth-order valence-electron chi connectivity index (χ4n) is 1.91. The van der Waals surface area contributed by atoms with Crippen molar-refractivity contribution in [1.82, 2.24) is 15.0 Å². The highest BCUT2D eigenvalue weighted by Crippen LogP contribution is 2.23. The second-order valence-corrected chi connectivity index (χ2v) is 4.39. The van der Waals surface area contributed by atoms with Gasteiger partial charge in [-0.05, 0) is 55.0 Å². The normalized spacial score (nSPS) is 10.4. The maximum atomic E-state index is 4.60. The summed E-state index contributed by atoms with van der Waals surface area (Å²) in [4.78, 5) is 16.0. The van der Waals surface area contributed by atoms with Gasteiger partial charge in [0.1, 0.15) is 5.69 Å². The van der Waals surface area contributed by atoms with Crippen LogP contribution in [0.25, 0.3) is 22.6 Å². The summed E-state index contributed by atoms with van der Waals surface area (Å²) in [7, 11) is 0. The fraction of sp³-hybridized carbons (Fsp3) is 0.0714. The summed E-state index contributed by atoms with van der Waals surface area (Å²) in [5.41, 5.74) is 4.52. The molecule has 3 aromatic rings. The van der Waals surface area contributed by atoms with E-state index < -0.39 is 0 Å². The van der Waals surface area contributed by atoms with Crippen molar-refractivity contribution in [2.45, 2.75) is 6.92 Å². The van der Waals surface area contributed by atoms with Crippen molar-refractivity contribution in [1.29, 1.82) is 0 Å². The molecule has 4 nitrogen and oxygen atoms in total. The van der Waals surface area contributed by atoms with Crippen LogP contribution < -0.4 is 0 Å². The van der Waals surface area contributed by atoms with Crippen LogP contribution in [0.5, 0.6) is 0 Å². The van der Waals surface area contributed by atoms with E-state index in [4.69, 9.17) is 0 Å². The summed E-state index contributed by atoms with van der Waals surface area (Å²) in [5, 5.41) is 2.36. The van der Waals surface area contributed by atoms with Gasteiger partial charge >= 0.3 is 0 Å². The number of isothiocyanates is 1. The first-order chi connectivity index (χ1) is 9.26. The van der Waals surface area contributed by atoms with Crippen LogP contribution in [-0.4, -0.2) is 20.1 Å². The number of imidazole rings is 1. The standard InChI is InChI=1S/C14H10N4S/c1-9-4-5-15-13(6-9)14-17-11-3-2-10(16-8-19)7-12(11)18-14/h2-7H,1H3,(H,17,18). The summed E-state index contributed by atoms with van der Waals surface area (Å²) >= 11 is 4.60. The first kappa shape index (κ1) is 11.7. The number of thiocarbonyl (C=S) groups is 1. The van der Waals surface area contributed by atoms with Crippen LogP contribution in [0.3, 0.4) is 0 Å². The molecule has 0 bridgehead atoms. The zero-order chi connectivity index (χ0) is 13.2. The third kappa shape index (κ3) is 2.29. The minimum atomic E-state index is 0.752. The average molecular weight is 266 g/mol. The van der Waals surface area contributed by atoms with Gasteiger partial charge in [-0.2, -0.15) is 4.99 Å². The van der Waals surface area contributed by atoms with Crippen molar-refractivity contribution in [2.75, 3.05) is 0 Å². The van der Waals surface area contributed by atoms with Crippen molar-refractivity contribution in [2.24, 2.45) is 4.99 Å². The molecule has 0 aliphatic carbocycles. The zero-order valence-corrected chi connectivity index (χ0v) is 11.0. The third-order valence-electron chi connectivity index (χ3n) is 2.80. The largest absolute Gasteiger partial charge is 0.337 e. The van der Waals surface area contributed by atoms with Gasteiger partial charge in [-0.15, -0.1) is 0 Å². The van der Waals surface area contributed by atoms with Crippen LogP contribution in [0.1, 0.15) is 5.56 Å². The quantitative estimate of drug-likeness (QED) is 0.568. The highest BCUT2D eigenvalue weighted by atomic mass is 32.1. The van der Waals surface area contributed by atoms with Gasteiger partial charge in [0.15, 0.2) is 5.82 Å². The van der Waals surface area contributed by atoms with Crippen molar-refractivity contribution in [3.63, 3.8) is 0 Å². The molecule has 1 aromatic carbocycles. The van der Waals surface area contributed by atoms with Crippen LogP contribution >= 0.6 is 12.2 Å². The summed E-state index contributed by atoms with van der Waals surface area (Å²) in [5.74, 6) is 0.752. The number of aliphatic imine (C=N–C) groups is 1. The van der Waals surface area contributed by atoms with E-state index in [1.54, 1.807) is 6.20 Å². The van der Waals surface area contributed by atoms with E-state index >= 15 is 0 Å². The highest BCUT2D eigenvalue weighted by molar-refractivity contribution is 7.78. The van der Waals surface area contributed by atoms with E-state index in [1.165, 1.54) is 0 Å². The molecule has 92 valence electrons. The third-order valence-corrected chi connectivity index (χ3v) is 2.89. The van der Waals surface area contributed by atoms with Crippen molar-refractivity contribution < 1.29 is 0 Å². The maximum Gasteiger partial charge on any atom is 0.157 e. The SMILES string of the molecule is Cc1ccnc(-c2nc3ccc(N=C=S)cc3[nH]2)c1. The Hall–Kier alpha value is -2.36. The van der Waals surface area contributed by atoms with E-state index in [2.05, 4.69) is 37.3 Å². The molecule has 0 radical (unpaired) electrons. The van der Waals surface area contributed by atoms with E-state index in [1.807, 2.05) is 37.3 Å². The molecule has 1 N–H and O–H groups in total. The van der Waals surface area contributed by atoms with Crippen molar-refractivity contribution in [3.8, 4) is 11.5 Å². The lowest BCUT2D eigenvalue weighted by atomic mass is 10.2. The van der Waals surface area contributed by atoms with E-state index in [-0.39, 0.29) is 0 Å². The van der Waals surface area contributed by atoms with Crippen molar-refractivity contribution >= 4 is 34.1 Å². The van der Waals surface area contributed by atoms with E-state index in [0.29, 0.717) is 0 Å². The van der Waals surface area contributed by atoms with Crippen LogP contribution in [0.15, 0.2) is 41.5 Å². The molecule has 0 fully saturated rings. The van der Waals surface area contributed by atoms with Crippen molar-refractivity contribution in [3.05, 3.63) is 42.1 Å². The van der Waals surface area contributed by atoms with Gasteiger partial charge in [-0.3, -0.25) is 4.98 Å². The fourth-order valence-corrected chi connectivity index (χ4v) is 2.01. The molecule has 5 heteroatoms. The Morgan fingerprint density at radius 1 is 1.26 bits per heavy atom. The number of aromatic nitrogens is 3. The number of pyridine rings is 1. The molecule has 0 saturated carbocycles. The molecule has 0 atom stereocenters. The Kier molecular flexibility index (Phi) is 2.91. The molecule has 0 saturated heterocycles. The summed E-state index contributed by atoms with van der Waals surface area (Å²) in [6.45, 7) is 2.03. The topological polar surface area (TPSA) is 53.9 Å². The van der Waals surface area contributed by atoms with Crippen LogP contribution in [0.4, 0.5) is 5.69 Å². The van der Waals surface area contributed by atoms with E-state index in [9.17, 15) is 0 Å². The van der Waals surface area contributed by atoms with E-state index in [0.717, 1.165) is 33.8 Å². The van der Waals surface area contributed by atoms with Crippen LogP contribution in [-0.2, 0) is 0 Å². The smallest absolute Gasteiger partial charge is 0.157 e. The number of benzene rings is 1. The van der Waals surface area contributed by atoms with Gasteiger partial charge < -0.3 is 4.98 Å². The Bertz CT molecular complexity index is 800. The maximum absolute atomic E-state index is 4.60. The number of fused-ring (bicyclic) bond motifs is 1. The van der Waals surface area contributed by atoms with Crippen LogP contribution in [0, 0.1) is 6.92 Å². The van der Waals surface area contributed by atoms with Gasteiger partial charge in [0, 0.05) is 6.20 Å². The van der Waals surface area contributed by atoms with Gasteiger partial charge in [0.25, 0.3) is 0 Å². The number of hydrogen-bond donors (Lipinski definition) is 1. The highest BCUT2D eigenvalue weighted by Gasteiger charge is 2.06. The minimum absolute atomic E-state index is 0.752. The lowest BCUT2D eigenvalue weighted by Gasteiger charge is -1.96.